The first kappa shape index (κ1) is 48.5. The Labute approximate surface area is 408 Å². The lowest BCUT2D eigenvalue weighted by Crippen LogP contribution is -3.00. The number of phenolic OH excluding ortho intramolecular Hbond substituents is 4. The number of unbranched alkanes of at least 4 members (excludes halogenated alkanes) is 2. The van der Waals surface area contributed by atoms with Crippen LogP contribution in [0.2, 0.25) is 0 Å². The molecule has 0 aliphatic rings. The molecule has 2 heterocycles. The van der Waals surface area contributed by atoms with Gasteiger partial charge in [-0.15, -0.1) is 0 Å². The second-order valence-corrected chi connectivity index (χ2v) is 20.5. The minimum atomic E-state index is -1.84. The smallest absolute Gasteiger partial charge is 0.201 e. The van der Waals surface area contributed by atoms with Crippen molar-refractivity contribution in [2.75, 3.05) is 11.5 Å². The van der Waals surface area contributed by atoms with Crippen LogP contribution in [0, 0.1) is 0 Å². The average molecular weight is 1040 g/mol. The lowest BCUT2D eigenvalue weighted by molar-refractivity contribution is -0.0000170. The molecule has 0 aliphatic carbocycles. The molecule has 0 aliphatic heterocycles. The van der Waals surface area contributed by atoms with Crippen LogP contribution in [0.3, 0.4) is 0 Å². The Kier molecular flexibility index (Phi) is 16.2. The van der Waals surface area contributed by atoms with Crippen LogP contribution in [0.5, 0.6) is 23.0 Å². The van der Waals surface area contributed by atoms with E-state index in [0.29, 0.717) is 11.5 Å². The van der Waals surface area contributed by atoms with Crippen LogP contribution >= 0.6 is 23.2 Å². The maximum atomic E-state index is 12.6. The van der Waals surface area contributed by atoms with Gasteiger partial charge in [0.05, 0.1) is 16.9 Å². The van der Waals surface area contributed by atoms with Crippen molar-refractivity contribution in [1.29, 1.82) is 0 Å². The monoisotopic (exact) mass is 1040 g/mol. The first-order valence-electron chi connectivity index (χ1n) is 21.9. The van der Waals surface area contributed by atoms with Crippen molar-refractivity contribution in [2.24, 2.45) is 0 Å². The topological polar surface area (TPSA) is 141 Å². The Morgan fingerprint density at radius 2 is 0.821 bits per heavy atom. The fourth-order valence-electron chi connectivity index (χ4n) is 8.33. The van der Waals surface area contributed by atoms with Crippen molar-refractivity contribution in [3.8, 4) is 45.6 Å². The molecule has 0 spiro atoms. The molecule has 0 amide bonds. The van der Waals surface area contributed by atoms with Gasteiger partial charge in [-0.1, -0.05) is 119 Å². The Morgan fingerprint density at radius 3 is 1.19 bits per heavy atom. The third-order valence-corrected chi connectivity index (χ3v) is 16.9. The molecule has 0 radical (unpaired) electrons. The van der Waals surface area contributed by atoms with Crippen molar-refractivity contribution in [3.05, 3.63) is 207 Å². The molecule has 0 saturated carbocycles. The van der Waals surface area contributed by atoms with E-state index in [1.807, 2.05) is 36.4 Å². The number of alkyl halides is 1. The number of halogens is 2. The van der Waals surface area contributed by atoms with Crippen molar-refractivity contribution in [2.45, 2.75) is 38.5 Å². The molecule has 67 heavy (non-hydrogen) atoms. The Morgan fingerprint density at radius 1 is 0.448 bits per heavy atom. The van der Waals surface area contributed by atoms with Gasteiger partial charge in [0.2, 0.25) is 11.5 Å². The highest BCUT2D eigenvalue weighted by atomic mass is 79.9. The van der Waals surface area contributed by atoms with E-state index in [9.17, 15) is 30.0 Å². The van der Waals surface area contributed by atoms with Crippen LogP contribution in [0.15, 0.2) is 194 Å². The predicted octanol–water partition coefficient (Wildman–Crippen LogP) is 8.78. The van der Waals surface area contributed by atoms with E-state index in [-0.39, 0.29) is 61.3 Å². The third kappa shape index (κ3) is 10.9. The molecule has 0 atom stereocenters. The maximum absolute atomic E-state index is 12.6. The molecule has 8 nitrogen and oxygen atoms in total. The van der Waals surface area contributed by atoms with Gasteiger partial charge in [0, 0.05) is 28.6 Å². The highest BCUT2D eigenvalue weighted by Gasteiger charge is 2.44. The predicted molar refractivity (Wildman–Crippen MR) is 272 cm³/mol. The number of fused-ring (bicyclic) bond motifs is 2. The van der Waals surface area contributed by atoms with E-state index in [0.717, 1.165) is 61.1 Å². The van der Waals surface area contributed by atoms with Gasteiger partial charge in [-0.25, -0.2) is 0 Å². The summed E-state index contributed by atoms with van der Waals surface area (Å²) < 4.78 is 11.5. The molecule has 7 aromatic carbocycles. The molecular formula is C56H49Br2O8P. The Bertz CT molecular complexity index is 3080. The van der Waals surface area contributed by atoms with Crippen LogP contribution in [0.1, 0.15) is 36.8 Å². The highest BCUT2D eigenvalue weighted by Crippen LogP contribution is 2.56. The van der Waals surface area contributed by atoms with Crippen molar-refractivity contribution >= 4 is 61.0 Å². The fraction of sp³-hybridized carbons (Fsp3) is 0.143. The quantitative estimate of drug-likeness (QED) is 0.0367. The summed E-state index contributed by atoms with van der Waals surface area (Å²) in [6.45, 7) is 0. The zero-order chi connectivity index (χ0) is 46.0. The van der Waals surface area contributed by atoms with Crippen LogP contribution in [-0.2, 0) is 12.8 Å². The number of rotatable bonds is 14. The summed E-state index contributed by atoms with van der Waals surface area (Å²) in [7, 11) is -1.84. The Balaban J connectivity index is 0.000000227. The summed E-state index contributed by atoms with van der Waals surface area (Å²) >= 11 is 3.42. The van der Waals surface area contributed by atoms with E-state index in [1.54, 1.807) is 0 Å². The summed E-state index contributed by atoms with van der Waals surface area (Å²) in [6, 6.07) is 57.0. The minimum Gasteiger partial charge on any atom is -1.00 e. The number of aryl methyl sites for hydroxylation is 2. The van der Waals surface area contributed by atoms with Gasteiger partial charge >= 0.3 is 0 Å². The molecule has 2 aromatic heterocycles. The second kappa shape index (κ2) is 22.4. The highest BCUT2D eigenvalue weighted by molar-refractivity contribution is 9.09. The summed E-state index contributed by atoms with van der Waals surface area (Å²) in [6.07, 6.45) is 7.40. The number of benzene rings is 7. The molecule has 0 bridgehead atoms. The van der Waals surface area contributed by atoms with Crippen molar-refractivity contribution in [1.82, 2.24) is 0 Å². The molecule has 0 fully saturated rings. The molecule has 9 aromatic rings. The van der Waals surface area contributed by atoms with Crippen molar-refractivity contribution < 1.29 is 46.2 Å². The molecule has 340 valence electrons. The van der Waals surface area contributed by atoms with Gasteiger partial charge in [0.1, 0.15) is 34.7 Å². The molecule has 0 unspecified atom stereocenters. The van der Waals surface area contributed by atoms with Crippen LogP contribution in [0.25, 0.3) is 44.6 Å². The van der Waals surface area contributed by atoms with E-state index >= 15 is 0 Å². The zero-order valence-corrected chi connectivity index (χ0v) is 40.6. The van der Waals surface area contributed by atoms with Crippen molar-refractivity contribution in [3.63, 3.8) is 0 Å². The van der Waals surface area contributed by atoms with Crippen LogP contribution in [-0.4, -0.2) is 31.9 Å². The second-order valence-electron chi connectivity index (χ2n) is 16.1. The van der Waals surface area contributed by atoms with Crippen LogP contribution < -0.4 is 43.8 Å². The lowest BCUT2D eigenvalue weighted by Gasteiger charge is -2.27. The number of hydrogen-bond acceptors (Lipinski definition) is 8. The van der Waals surface area contributed by atoms with Gasteiger partial charge in [0.15, 0.2) is 33.5 Å². The number of aromatic hydroxyl groups is 4. The van der Waals surface area contributed by atoms with E-state index in [2.05, 4.69) is 119 Å². The molecule has 9 rings (SSSR count). The number of phenols is 4. The van der Waals surface area contributed by atoms with E-state index in [1.165, 1.54) is 63.4 Å². The fourth-order valence-corrected chi connectivity index (χ4v) is 13.1. The standard InChI is InChI=1S/C37H31O4P.C19H17BrO4.BrH/c38-33-24-23-32-34(39)26-35(41-37(32)36(33)40)28-21-19-27(20-22-28)12-10-11-25-42(29-13-4-1-5-14-29,30-15-6-2-7-16-30)31-17-8-3-9-18-31;20-10-2-1-3-12-4-6-13(7-5-12)17-11-16(22)14-8-9-15(21)18(23)19(14)24-17;/h1-9,13-24,26H,10-12,25H2,(H-,38,39,40);4-9,11,21,23H,1-3,10H2;1H. The molecular weight excluding hydrogens is 991 g/mol. The summed E-state index contributed by atoms with van der Waals surface area (Å²) in [5.74, 6) is -0.772. The molecule has 4 N–H and O–H groups in total. The lowest BCUT2D eigenvalue weighted by atomic mass is 10.0. The van der Waals surface area contributed by atoms with Gasteiger partial charge in [-0.3, -0.25) is 9.59 Å². The van der Waals surface area contributed by atoms with E-state index < -0.39 is 18.8 Å². The maximum Gasteiger partial charge on any atom is 0.201 e. The van der Waals surface area contributed by atoms with Gasteiger partial charge in [0.25, 0.3) is 0 Å². The minimum absolute atomic E-state index is 0. The first-order chi connectivity index (χ1) is 32.2. The number of hydrogen-bond donors (Lipinski definition) is 4. The third-order valence-electron chi connectivity index (χ3n) is 11.8. The van der Waals surface area contributed by atoms with E-state index in [4.69, 9.17) is 8.83 Å². The van der Waals surface area contributed by atoms with Gasteiger partial charge in [-0.2, -0.15) is 0 Å². The van der Waals surface area contributed by atoms with Gasteiger partial charge < -0.3 is 46.2 Å². The normalized spacial score (nSPS) is 11.2. The largest absolute Gasteiger partial charge is 1.00 e. The average Bonchev–Trinajstić information content (AvgIpc) is 3.35. The zero-order valence-electron chi connectivity index (χ0n) is 36.5. The Hall–Kier alpha value is -6.45. The summed E-state index contributed by atoms with van der Waals surface area (Å²) in [4.78, 5) is 24.8. The van der Waals surface area contributed by atoms with Crippen LogP contribution in [0.4, 0.5) is 0 Å². The SMILES string of the molecule is O=c1cc(-c2ccc(CCCCBr)cc2)oc2c(O)c(O)ccc12.O=c1cc(-c2ccc(CCCC[P+](c3ccccc3)(c3ccccc3)c3ccccc3)cc2)oc2c(O)c(O)ccc12.[Br-]. The molecule has 11 heteroatoms. The summed E-state index contributed by atoms with van der Waals surface area (Å²) in [5, 5.41) is 45.3. The summed E-state index contributed by atoms with van der Waals surface area (Å²) in [5.41, 5.74) is 3.38. The van der Waals surface area contributed by atoms with Gasteiger partial charge in [-0.05, 0) is 110 Å². The first-order valence-corrected chi connectivity index (χ1v) is 25.0. The molecule has 0 saturated heterocycles.